The second-order valence-corrected chi connectivity index (χ2v) is 11.8. The molecule has 39 heavy (non-hydrogen) atoms. The molecule has 0 N–H and O–H groups in total. The summed E-state index contributed by atoms with van der Waals surface area (Å²) in [5.41, 5.74) is 2.20. The van der Waals surface area contributed by atoms with Crippen molar-refractivity contribution in [1.82, 2.24) is 14.2 Å². The van der Waals surface area contributed by atoms with Crippen LogP contribution in [0.25, 0.3) is 10.2 Å². The first-order chi connectivity index (χ1) is 18.4. The van der Waals surface area contributed by atoms with Crippen molar-refractivity contribution in [1.29, 1.82) is 0 Å². The van der Waals surface area contributed by atoms with Gasteiger partial charge in [0.25, 0.3) is 5.91 Å². The number of para-hydroxylation sites is 1. The summed E-state index contributed by atoms with van der Waals surface area (Å²) >= 11 is 1.48. The highest BCUT2D eigenvalue weighted by atomic mass is 35.5. The van der Waals surface area contributed by atoms with Gasteiger partial charge >= 0.3 is 0 Å². The van der Waals surface area contributed by atoms with Gasteiger partial charge in [0.1, 0.15) is 0 Å². The van der Waals surface area contributed by atoms with Gasteiger partial charge in [-0.3, -0.25) is 9.69 Å². The zero-order valence-corrected chi connectivity index (χ0v) is 24.9. The second kappa shape index (κ2) is 14.0. The van der Waals surface area contributed by atoms with Gasteiger partial charge in [-0.25, -0.2) is 13.4 Å². The van der Waals surface area contributed by atoms with E-state index in [2.05, 4.69) is 18.7 Å². The number of anilines is 1. The summed E-state index contributed by atoms with van der Waals surface area (Å²) in [7, 11) is -3.72. The van der Waals surface area contributed by atoms with E-state index < -0.39 is 10.0 Å². The molecule has 1 aromatic heterocycles. The lowest BCUT2D eigenvalue weighted by Gasteiger charge is -2.25. The van der Waals surface area contributed by atoms with Gasteiger partial charge in [-0.05, 0) is 55.1 Å². The van der Waals surface area contributed by atoms with Crippen LogP contribution in [-0.4, -0.2) is 61.2 Å². The van der Waals surface area contributed by atoms with Gasteiger partial charge in [-0.2, -0.15) is 4.31 Å². The van der Waals surface area contributed by atoms with Crippen LogP contribution >= 0.6 is 23.7 Å². The molecule has 0 saturated carbocycles. The lowest BCUT2D eigenvalue weighted by Crippen LogP contribution is -2.39. The van der Waals surface area contributed by atoms with Crippen LogP contribution in [0.4, 0.5) is 5.13 Å². The fraction of sp³-hybridized carbons (Fsp3) is 0.310. The van der Waals surface area contributed by atoms with E-state index in [1.165, 1.54) is 27.8 Å². The summed E-state index contributed by atoms with van der Waals surface area (Å²) in [6, 6.07) is 23.6. The van der Waals surface area contributed by atoms with Crippen molar-refractivity contribution in [3.8, 4) is 0 Å². The number of aromatic nitrogens is 1. The van der Waals surface area contributed by atoms with Gasteiger partial charge in [-0.15, -0.1) is 12.4 Å². The first kappa shape index (κ1) is 30.7. The minimum atomic E-state index is -3.72. The molecule has 0 bridgehead atoms. The second-order valence-electron chi connectivity index (χ2n) is 8.89. The number of rotatable bonds is 12. The van der Waals surface area contributed by atoms with Crippen LogP contribution in [0.3, 0.4) is 0 Å². The number of hydrogen-bond donors (Lipinski definition) is 0. The Morgan fingerprint density at radius 1 is 0.821 bits per heavy atom. The largest absolute Gasteiger partial charge is 0.302 e. The zero-order valence-electron chi connectivity index (χ0n) is 22.5. The molecule has 0 fully saturated rings. The summed E-state index contributed by atoms with van der Waals surface area (Å²) in [5.74, 6) is -0.197. The normalized spacial score (nSPS) is 11.6. The number of fused-ring (bicyclic) bond motifs is 1. The maximum absolute atomic E-state index is 13.7. The van der Waals surface area contributed by atoms with Crippen LogP contribution in [0.5, 0.6) is 0 Å². The topological polar surface area (TPSA) is 73.8 Å². The Bertz CT molecular complexity index is 1420. The molecule has 0 atom stereocenters. The van der Waals surface area contributed by atoms with Crippen LogP contribution in [0.1, 0.15) is 36.7 Å². The number of nitrogens with zero attached hydrogens (tertiary/aromatic N) is 4. The predicted octanol–water partition coefficient (Wildman–Crippen LogP) is 5.92. The van der Waals surface area contributed by atoms with Crippen LogP contribution < -0.4 is 4.90 Å². The molecule has 0 radical (unpaired) electrons. The number of amides is 1. The molecule has 0 aliphatic carbocycles. The lowest BCUT2D eigenvalue weighted by atomic mass is 10.2. The fourth-order valence-corrected chi connectivity index (χ4v) is 6.70. The number of thiazole rings is 1. The maximum atomic E-state index is 13.7. The first-order valence-corrected chi connectivity index (χ1v) is 15.2. The lowest BCUT2D eigenvalue weighted by molar-refractivity contribution is 0.0983. The molecule has 0 aliphatic rings. The summed E-state index contributed by atoms with van der Waals surface area (Å²) in [6.45, 7) is 9.64. The van der Waals surface area contributed by atoms with Gasteiger partial charge in [0.2, 0.25) is 10.0 Å². The molecular weight excluding hydrogens is 552 g/mol. The van der Waals surface area contributed by atoms with Gasteiger partial charge in [-0.1, -0.05) is 74.6 Å². The van der Waals surface area contributed by atoms with Gasteiger partial charge in [0.05, 0.1) is 15.1 Å². The Morgan fingerprint density at radius 3 is 2.08 bits per heavy atom. The van der Waals surface area contributed by atoms with Gasteiger partial charge < -0.3 is 4.90 Å². The van der Waals surface area contributed by atoms with Crippen molar-refractivity contribution >= 4 is 55.0 Å². The van der Waals surface area contributed by atoms with Crippen molar-refractivity contribution in [3.05, 3.63) is 90.0 Å². The van der Waals surface area contributed by atoms with E-state index in [1.54, 1.807) is 17.0 Å². The average molecular weight is 587 g/mol. The number of sulfonamides is 1. The molecule has 0 aliphatic heterocycles. The van der Waals surface area contributed by atoms with Gasteiger partial charge in [0.15, 0.2) is 5.13 Å². The third kappa shape index (κ3) is 7.23. The number of carbonyl (C=O) groups is 1. The molecule has 7 nitrogen and oxygen atoms in total. The van der Waals surface area contributed by atoms with E-state index >= 15 is 0 Å². The highest BCUT2D eigenvalue weighted by Gasteiger charge is 2.25. The number of likely N-dealkylation sites (N-methyl/N-ethyl adjacent to an activating group) is 1. The number of benzene rings is 3. The molecule has 0 spiro atoms. The molecule has 3 aromatic carbocycles. The molecule has 208 valence electrons. The molecule has 0 saturated heterocycles. The Labute approximate surface area is 241 Å². The molecule has 1 heterocycles. The Hall–Kier alpha value is -2.82. The summed E-state index contributed by atoms with van der Waals surface area (Å²) in [6.07, 6.45) is 0. The van der Waals surface area contributed by atoms with Crippen LogP contribution in [-0.2, 0) is 16.6 Å². The highest BCUT2D eigenvalue weighted by Crippen LogP contribution is 2.30. The van der Waals surface area contributed by atoms with Crippen molar-refractivity contribution in [2.45, 2.75) is 32.2 Å². The summed E-state index contributed by atoms with van der Waals surface area (Å²) in [4.78, 5) is 22.6. The Morgan fingerprint density at radius 2 is 1.46 bits per heavy atom. The third-order valence-electron chi connectivity index (χ3n) is 6.59. The van der Waals surface area contributed by atoms with Crippen LogP contribution in [0.15, 0.2) is 83.8 Å². The van der Waals surface area contributed by atoms with E-state index in [0.29, 0.717) is 30.3 Å². The fourth-order valence-electron chi connectivity index (χ4n) is 4.27. The van der Waals surface area contributed by atoms with E-state index in [-0.39, 0.29) is 29.8 Å². The Balaban J connectivity index is 0.00000420. The van der Waals surface area contributed by atoms with Crippen molar-refractivity contribution in [2.24, 2.45) is 0 Å². The quantitative estimate of drug-likeness (QED) is 0.206. The SMILES string of the molecule is CCN(CC)CCN(C(=O)c1ccc(S(=O)(=O)N(CC)Cc2ccccc2)cc1)c1nc2ccccc2s1.Cl. The number of hydrogen-bond acceptors (Lipinski definition) is 6. The standard InChI is InChI=1S/C29H34N4O3S2.ClH/c1-4-31(5-2)20-21-33(29-30-26-14-10-11-15-27(26)37-29)28(34)24-16-18-25(19-17-24)38(35,36)32(6-3)22-23-12-8-7-9-13-23;/h7-19H,4-6,20-22H2,1-3H3;1H. The predicted molar refractivity (Wildman–Crippen MR) is 162 cm³/mol. The van der Waals surface area contributed by atoms with Gasteiger partial charge in [0, 0.05) is 31.7 Å². The first-order valence-electron chi connectivity index (χ1n) is 12.9. The van der Waals surface area contributed by atoms with Crippen molar-refractivity contribution in [3.63, 3.8) is 0 Å². The maximum Gasteiger partial charge on any atom is 0.260 e. The zero-order chi connectivity index (χ0) is 27.1. The van der Waals surface area contributed by atoms with E-state index in [0.717, 1.165) is 28.9 Å². The van der Waals surface area contributed by atoms with E-state index in [9.17, 15) is 13.2 Å². The van der Waals surface area contributed by atoms with Crippen molar-refractivity contribution in [2.75, 3.05) is 37.6 Å². The van der Waals surface area contributed by atoms with Crippen LogP contribution in [0, 0.1) is 0 Å². The minimum Gasteiger partial charge on any atom is -0.302 e. The molecule has 4 aromatic rings. The van der Waals surface area contributed by atoms with Crippen LogP contribution in [0.2, 0.25) is 0 Å². The molecule has 0 unspecified atom stereocenters. The summed E-state index contributed by atoms with van der Waals surface area (Å²) < 4.78 is 29.2. The molecule has 10 heteroatoms. The number of halogens is 1. The average Bonchev–Trinajstić information content (AvgIpc) is 3.38. The van der Waals surface area contributed by atoms with E-state index in [1.807, 2.05) is 61.5 Å². The van der Waals surface area contributed by atoms with E-state index in [4.69, 9.17) is 4.98 Å². The molecular formula is C29H35ClN4O3S2. The highest BCUT2D eigenvalue weighted by molar-refractivity contribution is 7.89. The molecule has 1 amide bonds. The minimum absolute atomic E-state index is 0. The number of carbonyl (C=O) groups excluding carboxylic acids is 1. The monoisotopic (exact) mass is 586 g/mol. The summed E-state index contributed by atoms with van der Waals surface area (Å²) in [5, 5.41) is 0.639. The Kier molecular flexibility index (Phi) is 11.0. The smallest absolute Gasteiger partial charge is 0.260 e. The van der Waals surface area contributed by atoms with Crippen molar-refractivity contribution < 1.29 is 13.2 Å². The molecule has 4 rings (SSSR count). The third-order valence-corrected chi connectivity index (χ3v) is 9.58.